The molecule has 0 spiro atoms. The molecule has 2 aromatic heterocycles. The fourth-order valence-electron chi connectivity index (χ4n) is 2.44. The van der Waals surface area contributed by atoms with Crippen molar-refractivity contribution in [3.05, 3.63) is 61.4 Å². The summed E-state index contributed by atoms with van der Waals surface area (Å²) in [5, 5.41) is 12.7. The van der Waals surface area contributed by atoms with Crippen molar-refractivity contribution in [2.24, 2.45) is 0 Å². The van der Waals surface area contributed by atoms with Crippen molar-refractivity contribution in [1.82, 2.24) is 19.6 Å². The summed E-state index contributed by atoms with van der Waals surface area (Å²) in [6.45, 7) is 2.80. The summed E-state index contributed by atoms with van der Waals surface area (Å²) < 4.78 is 4.28. The number of amides is 1. The number of hydrogen-bond donors (Lipinski definition) is 1. The molecule has 0 fully saturated rings. The van der Waals surface area contributed by atoms with Gasteiger partial charge in [0.15, 0.2) is 5.82 Å². The van der Waals surface area contributed by atoms with Gasteiger partial charge in [-0.15, -0.1) is 0 Å². The van der Waals surface area contributed by atoms with Crippen molar-refractivity contribution in [3.8, 4) is 0 Å². The van der Waals surface area contributed by atoms with Gasteiger partial charge >= 0.3 is 0 Å². The van der Waals surface area contributed by atoms with Crippen LogP contribution in [0.2, 0.25) is 15.1 Å². The molecule has 142 valence electrons. The lowest BCUT2D eigenvalue weighted by Gasteiger charge is -2.06. The molecule has 0 saturated heterocycles. The number of carbonyl (C=O) groups excluding carboxylic acids is 1. The van der Waals surface area contributed by atoms with Gasteiger partial charge in [0.25, 0.3) is 0 Å². The molecule has 27 heavy (non-hydrogen) atoms. The molecule has 3 aromatic rings. The molecule has 1 amide bonds. The maximum Gasteiger partial charge on any atom is 0.227 e. The zero-order chi connectivity index (χ0) is 19.6. The number of anilines is 1. The number of aryl methyl sites for hydroxylation is 1. The summed E-state index contributed by atoms with van der Waals surface area (Å²) in [5.74, 6) is 0.114. The second-order valence-electron chi connectivity index (χ2n) is 5.86. The van der Waals surface area contributed by atoms with Gasteiger partial charge in [0, 0.05) is 28.4 Å². The van der Waals surface area contributed by atoms with Crippen LogP contribution >= 0.6 is 50.7 Å². The molecule has 3 rings (SSSR count). The van der Waals surface area contributed by atoms with Gasteiger partial charge in [0.05, 0.1) is 23.8 Å². The first-order valence-electron chi connectivity index (χ1n) is 7.98. The van der Waals surface area contributed by atoms with E-state index in [4.69, 9.17) is 34.8 Å². The molecule has 0 aliphatic carbocycles. The average Bonchev–Trinajstić information content (AvgIpc) is 3.11. The molecule has 0 unspecified atom stereocenters. The second kappa shape index (κ2) is 8.65. The molecule has 0 saturated carbocycles. The number of hydrogen-bond acceptors (Lipinski definition) is 3. The van der Waals surface area contributed by atoms with Gasteiger partial charge in [0.2, 0.25) is 5.91 Å². The molecular formula is C17H15BrCl3N5O. The highest BCUT2D eigenvalue weighted by Gasteiger charge is 2.13. The number of nitrogens with one attached hydrogen (secondary N) is 1. The topological polar surface area (TPSA) is 64.7 Å². The maximum atomic E-state index is 12.2. The zero-order valence-corrected chi connectivity index (χ0v) is 18.1. The van der Waals surface area contributed by atoms with Crippen molar-refractivity contribution >= 4 is 62.5 Å². The zero-order valence-electron chi connectivity index (χ0n) is 14.2. The third-order valence-electron chi connectivity index (χ3n) is 3.92. The van der Waals surface area contributed by atoms with Crippen LogP contribution in [0.25, 0.3) is 0 Å². The van der Waals surface area contributed by atoms with Gasteiger partial charge in [-0.1, -0.05) is 40.9 Å². The second-order valence-corrected chi connectivity index (χ2v) is 7.96. The Morgan fingerprint density at radius 2 is 2.04 bits per heavy atom. The highest BCUT2D eigenvalue weighted by Crippen LogP contribution is 2.24. The Bertz CT molecular complexity index is 985. The number of halogens is 4. The van der Waals surface area contributed by atoms with E-state index in [0.717, 1.165) is 15.7 Å². The Kier molecular flexibility index (Phi) is 6.47. The molecule has 0 radical (unpaired) electrons. The largest absolute Gasteiger partial charge is 0.308 e. The average molecular weight is 492 g/mol. The van der Waals surface area contributed by atoms with Gasteiger partial charge in [-0.2, -0.15) is 10.2 Å². The molecule has 1 aromatic carbocycles. The Labute approximate surface area is 179 Å². The predicted molar refractivity (Wildman–Crippen MR) is 111 cm³/mol. The van der Waals surface area contributed by atoms with E-state index in [1.165, 1.54) is 0 Å². The number of aromatic nitrogens is 4. The Morgan fingerprint density at radius 1 is 1.26 bits per heavy atom. The van der Waals surface area contributed by atoms with Crippen LogP contribution in [0, 0.1) is 6.92 Å². The minimum absolute atomic E-state index is 0.197. The lowest BCUT2D eigenvalue weighted by atomic mass is 10.2. The van der Waals surface area contributed by atoms with Gasteiger partial charge in [-0.3, -0.25) is 14.2 Å². The van der Waals surface area contributed by atoms with Crippen LogP contribution < -0.4 is 5.32 Å². The highest BCUT2D eigenvalue weighted by molar-refractivity contribution is 9.10. The van der Waals surface area contributed by atoms with E-state index in [1.54, 1.807) is 33.9 Å². The summed E-state index contributed by atoms with van der Waals surface area (Å²) in [6, 6.07) is 5.25. The van der Waals surface area contributed by atoms with Crippen LogP contribution in [0.15, 0.2) is 35.1 Å². The summed E-state index contributed by atoms with van der Waals surface area (Å²) in [7, 11) is 0. The SMILES string of the molecule is Cc1c(Br)cnn1CCC(=O)Nc1nn(Cc2ccc(Cl)cc2Cl)cc1Cl. The number of rotatable bonds is 6. The van der Waals surface area contributed by atoms with Crippen LogP contribution in [0.5, 0.6) is 0 Å². The van der Waals surface area contributed by atoms with Gasteiger partial charge in [-0.25, -0.2) is 0 Å². The fraction of sp³-hybridized carbons (Fsp3) is 0.235. The van der Waals surface area contributed by atoms with Crippen molar-refractivity contribution < 1.29 is 4.79 Å². The lowest BCUT2D eigenvalue weighted by molar-refractivity contribution is -0.116. The molecule has 0 atom stereocenters. The third-order valence-corrected chi connectivity index (χ3v) is 5.56. The van der Waals surface area contributed by atoms with Crippen LogP contribution in [0.4, 0.5) is 5.82 Å². The maximum absolute atomic E-state index is 12.2. The summed E-state index contributed by atoms with van der Waals surface area (Å²) in [6.07, 6.45) is 3.59. The summed E-state index contributed by atoms with van der Waals surface area (Å²) in [5.41, 5.74) is 1.81. The Hall–Kier alpha value is -1.54. The van der Waals surface area contributed by atoms with Crippen molar-refractivity contribution in [3.63, 3.8) is 0 Å². The van der Waals surface area contributed by atoms with E-state index in [0.29, 0.717) is 34.0 Å². The van der Waals surface area contributed by atoms with Crippen LogP contribution in [-0.2, 0) is 17.9 Å². The molecule has 2 heterocycles. The highest BCUT2D eigenvalue weighted by atomic mass is 79.9. The van der Waals surface area contributed by atoms with Crippen molar-refractivity contribution in [2.75, 3.05) is 5.32 Å². The van der Waals surface area contributed by atoms with Crippen LogP contribution in [0.1, 0.15) is 17.7 Å². The first kappa shape index (κ1) is 20.2. The normalized spacial score (nSPS) is 11.0. The minimum atomic E-state index is -0.197. The Morgan fingerprint density at radius 3 is 2.70 bits per heavy atom. The molecule has 0 aliphatic heterocycles. The van der Waals surface area contributed by atoms with E-state index in [1.807, 2.05) is 13.0 Å². The summed E-state index contributed by atoms with van der Waals surface area (Å²) in [4.78, 5) is 12.2. The van der Waals surface area contributed by atoms with Crippen LogP contribution in [0.3, 0.4) is 0 Å². The number of nitrogens with zero attached hydrogens (tertiary/aromatic N) is 4. The Balaban J connectivity index is 1.62. The van der Waals surface area contributed by atoms with Crippen molar-refractivity contribution in [2.45, 2.75) is 26.4 Å². The lowest BCUT2D eigenvalue weighted by Crippen LogP contribution is -2.16. The molecule has 1 N–H and O–H groups in total. The standard InChI is InChI=1S/C17H15BrCl3N5O/c1-10-13(18)7-22-26(10)5-4-16(27)23-17-15(21)9-25(24-17)8-11-2-3-12(19)6-14(11)20/h2-3,6-7,9H,4-5,8H2,1H3,(H,23,24,27). The molecule has 0 bridgehead atoms. The quantitative estimate of drug-likeness (QED) is 0.516. The minimum Gasteiger partial charge on any atom is -0.308 e. The van der Waals surface area contributed by atoms with E-state index >= 15 is 0 Å². The molecule has 0 aliphatic rings. The van der Waals surface area contributed by atoms with E-state index in [9.17, 15) is 4.79 Å². The van der Waals surface area contributed by atoms with Crippen molar-refractivity contribution in [1.29, 1.82) is 0 Å². The van der Waals surface area contributed by atoms with Gasteiger partial charge < -0.3 is 5.32 Å². The van der Waals surface area contributed by atoms with E-state index in [2.05, 4.69) is 31.4 Å². The first-order valence-corrected chi connectivity index (χ1v) is 9.91. The smallest absolute Gasteiger partial charge is 0.227 e. The monoisotopic (exact) mass is 489 g/mol. The van der Waals surface area contributed by atoms with Gasteiger partial charge in [0.1, 0.15) is 5.02 Å². The number of benzene rings is 1. The van der Waals surface area contributed by atoms with E-state index < -0.39 is 0 Å². The first-order chi connectivity index (χ1) is 12.8. The summed E-state index contributed by atoms with van der Waals surface area (Å²) >= 11 is 21.7. The third kappa shape index (κ3) is 5.04. The predicted octanol–water partition coefficient (Wildman–Crippen LogP) is 5.19. The fourth-order valence-corrected chi connectivity index (χ4v) is 3.40. The van der Waals surface area contributed by atoms with E-state index in [-0.39, 0.29) is 12.3 Å². The van der Waals surface area contributed by atoms with Crippen LogP contribution in [-0.4, -0.2) is 25.5 Å². The molecular weight excluding hydrogens is 476 g/mol. The van der Waals surface area contributed by atoms with Gasteiger partial charge in [-0.05, 0) is 40.5 Å². The molecule has 6 nitrogen and oxygen atoms in total. The number of carbonyl (C=O) groups is 1. The molecule has 10 heteroatoms.